The number of ketones is 1. The fourth-order valence-corrected chi connectivity index (χ4v) is 1.47. The molecule has 1 aromatic heterocycles. The highest BCUT2D eigenvalue weighted by atomic mass is 16.1. The van der Waals surface area contributed by atoms with Crippen LogP contribution in [0.15, 0.2) is 12.4 Å². The normalized spacial score (nSPS) is 11.8. The molecule has 0 saturated carbocycles. The third-order valence-corrected chi connectivity index (χ3v) is 2.50. The molecule has 0 atom stereocenters. The molecule has 1 heterocycles. The first-order chi connectivity index (χ1) is 7.37. The molecule has 0 unspecified atom stereocenters. The molecule has 0 spiro atoms. The molecule has 0 saturated heterocycles. The predicted molar refractivity (Wildman–Crippen MR) is 64.0 cm³/mol. The third kappa shape index (κ3) is 5.07. The van der Waals surface area contributed by atoms with Gasteiger partial charge in [-0.1, -0.05) is 0 Å². The largest absolute Gasteiger partial charge is 0.326 e. The van der Waals surface area contributed by atoms with Crippen LogP contribution in [-0.2, 0) is 18.3 Å². The Morgan fingerprint density at radius 1 is 1.50 bits per heavy atom. The molecule has 2 N–H and O–H groups in total. The monoisotopic (exact) mass is 223 g/mol. The smallest absolute Gasteiger partial charge is 0.133 e. The van der Waals surface area contributed by atoms with E-state index in [0.717, 1.165) is 18.4 Å². The first-order valence-electron chi connectivity index (χ1n) is 5.65. The molecule has 0 aromatic carbocycles. The number of rotatable bonds is 6. The second-order valence-electron chi connectivity index (χ2n) is 5.05. The number of hydrogen-bond acceptors (Lipinski definition) is 3. The van der Waals surface area contributed by atoms with Gasteiger partial charge in [0.05, 0.1) is 6.20 Å². The van der Waals surface area contributed by atoms with E-state index in [9.17, 15) is 4.79 Å². The molecule has 0 fully saturated rings. The van der Waals surface area contributed by atoms with E-state index in [4.69, 9.17) is 5.73 Å². The van der Waals surface area contributed by atoms with Gasteiger partial charge in [-0.15, -0.1) is 0 Å². The molecule has 0 aliphatic heterocycles. The van der Waals surface area contributed by atoms with Gasteiger partial charge in [0.25, 0.3) is 0 Å². The summed E-state index contributed by atoms with van der Waals surface area (Å²) in [5.41, 5.74) is 6.70. The highest BCUT2D eigenvalue weighted by Crippen LogP contribution is 2.10. The molecule has 0 aliphatic carbocycles. The summed E-state index contributed by atoms with van der Waals surface area (Å²) in [5, 5.41) is 4.07. The average Bonchev–Trinajstić information content (AvgIpc) is 2.57. The third-order valence-electron chi connectivity index (χ3n) is 2.50. The summed E-state index contributed by atoms with van der Waals surface area (Å²) in [6.07, 6.45) is 6.43. The van der Waals surface area contributed by atoms with Crippen LogP contribution < -0.4 is 5.73 Å². The number of nitrogens with zero attached hydrogens (tertiary/aromatic N) is 2. The lowest BCUT2D eigenvalue weighted by molar-refractivity contribution is -0.119. The number of aromatic nitrogens is 2. The summed E-state index contributed by atoms with van der Waals surface area (Å²) in [6.45, 7) is 3.89. The fourth-order valence-electron chi connectivity index (χ4n) is 1.47. The highest BCUT2D eigenvalue weighted by molar-refractivity contribution is 5.78. The van der Waals surface area contributed by atoms with Crippen LogP contribution in [0.4, 0.5) is 0 Å². The van der Waals surface area contributed by atoms with Crippen molar-refractivity contribution in [3.63, 3.8) is 0 Å². The zero-order valence-corrected chi connectivity index (χ0v) is 10.4. The Morgan fingerprint density at radius 2 is 2.19 bits per heavy atom. The van der Waals surface area contributed by atoms with Crippen LogP contribution in [-0.4, -0.2) is 21.1 Å². The first kappa shape index (κ1) is 12.9. The van der Waals surface area contributed by atoms with E-state index in [0.29, 0.717) is 12.8 Å². The van der Waals surface area contributed by atoms with Crippen LogP contribution in [0.25, 0.3) is 0 Å². The lowest BCUT2D eigenvalue weighted by Gasteiger charge is -2.17. The van der Waals surface area contributed by atoms with E-state index in [-0.39, 0.29) is 11.3 Å². The van der Waals surface area contributed by atoms with E-state index in [2.05, 4.69) is 5.10 Å². The predicted octanol–water partition coefficient (Wildman–Crippen LogP) is 1.44. The van der Waals surface area contributed by atoms with Gasteiger partial charge in [0.15, 0.2) is 0 Å². The minimum Gasteiger partial charge on any atom is -0.326 e. The summed E-state index contributed by atoms with van der Waals surface area (Å²) < 4.78 is 1.75. The number of carbonyl (C=O) groups is 1. The molecular weight excluding hydrogens is 202 g/mol. The second-order valence-corrected chi connectivity index (χ2v) is 5.05. The Kier molecular flexibility index (Phi) is 4.24. The Bertz CT molecular complexity index is 349. The Balaban J connectivity index is 2.25. The maximum Gasteiger partial charge on any atom is 0.133 e. The van der Waals surface area contributed by atoms with E-state index in [1.54, 1.807) is 10.9 Å². The number of hydrogen-bond donors (Lipinski definition) is 1. The molecule has 4 nitrogen and oxygen atoms in total. The lowest BCUT2D eigenvalue weighted by atomic mass is 9.97. The van der Waals surface area contributed by atoms with Crippen molar-refractivity contribution in [1.29, 1.82) is 0 Å². The summed E-state index contributed by atoms with van der Waals surface area (Å²) >= 11 is 0. The van der Waals surface area contributed by atoms with Crippen molar-refractivity contribution in [2.45, 2.75) is 45.1 Å². The van der Waals surface area contributed by atoms with Crippen molar-refractivity contribution >= 4 is 5.78 Å². The summed E-state index contributed by atoms with van der Waals surface area (Å²) in [5.74, 6) is 0.280. The van der Waals surface area contributed by atoms with Gasteiger partial charge >= 0.3 is 0 Å². The maximum absolute atomic E-state index is 11.6. The molecule has 1 aromatic rings. The molecule has 0 bridgehead atoms. The number of carbonyl (C=O) groups excluding carboxylic acids is 1. The summed E-state index contributed by atoms with van der Waals surface area (Å²) in [7, 11) is 1.88. The van der Waals surface area contributed by atoms with Gasteiger partial charge in [-0.2, -0.15) is 5.10 Å². The SMILES string of the molecule is Cn1cc(CCC(=O)CCC(C)(C)N)cn1. The van der Waals surface area contributed by atoms with E-state index < -0.39 is 0 Å². The van der Waals surface area contributed by atoms with Crippen molar-refractivity contribution in [3.05, 3.63) is 18.0 Å². The highest BCUT2D eigenvalue weighted by Gasteiger charge is 2.13. The maximum atomic E-state index is 11.6. The summed E-state index contributed by atoms with van der Waals surface area (Å²) in [6, 6.07) is 0. The van der Waals surface area contributed by atoms with Gasteiger partial charge in [0.2, 0.25) is 0 Å². The van der Waals surface area contributed by atoms with E-state index in [1.807, 2.05) is 27.1 Å². The molecule has 16 heavy (non-hydrogen) atoms. The zero-order chi connectivity index (χ0) is 12.2. The molecule has 0 amide bonds. The topological polar surface area (TPSA) is 60.9 Å². The van der Waals surface area contributed by atoms with Gasteiger partial charge < -0.3 is 5.73 Å². The van der Waals surface area contributed by atoms with Crippen molar-refractivity contribution in [2.75, 3.05) is 0 Å². The van der Waals surface area contributed by atoms with Crippen LogP contribution in [0.5, 0.6) is 0 Å². The van der Waals surface area contributed by atoms with Gasteiger partial charge in [0, 0.05) is 31.6 Å². The molecule has 4 heteroatoms. The second kappa shape index (κ2) is 5.25. The molecule has 90 valence electrons. The fraction of sp³-hybridized carbons (Fsp3) is 0.667. The van der Waals surface area contributed by atoms with E-state index >= 15 is 0 Å². The van der Waals surface area contributed by atoms with E-state index in [1.165, 1.54) is 0 Å². The summed E-state index contributed by atoms with van der Waals surface area (Å²) in [4.78, 5) is 11.6. The molecule has 0 radical (unpaired) electrons. The average molecular weight is 223 g/mol. The van der Waals surface area contributed by atoms with Crippen LogP contribution in [0.1, 0.15) is 38.7 Å². The molecule has 0 aliphatic rings. The van der Waals surface area contributed by atoms with Crippen molar-refractivity contribution in [3.8, 4) is 0 Å². The number of Topliss-reactive ketones (excluding diaryl/α,β-unsaturated/α-hetero) is 1. The van der Waals surface area contributed by atoms with Gasteiger partial charge in [-0.05, 0) is 32.3 Å². The van der Waals surface area contributed by atoms with Crippen LogP contribution in [0, 0.1) is 0 Å². The number of aryl methyl sites for hydroxylation is 2. The number of nitrogens with two attached hydrogens (primary N) is 1. The van der Waals surface area contributed by atoms with Crippen molar-refractivity contribution in [1.82, 2.24) is 9.78 Å². The van der Waals surface area contributed by atoms with Crippen molar-refractivity contribution < 1.29 is 4.79 Å². The van der Waals surface area contributed by atoms with Crippen molar-refractivity contribution in [2.24, 2.45) is 12.8 Å². The first-order valence-corrected chi connectivity index (χ1v) is 5.65. The quantitative estimate of drug-likeness (QED) is 0.793. The van der Waals surface area contributed by atoms with Gasteiger partial charge in [-0.3, -0.25) is 9.48 Å². The Morgan fingerprint density at radius 3 is 2.69 bits per heavy atom. The van der Waals surface area contributed by atoms with Crippen LogP contribution in [0.3, 0.4) is 0 Å². The van der Waals surface area contributed by atoms with Gasteiger partial charge in [-0.25, -0.2) is 0 Å². The minimum atomic E-state index is -0.246. The van der Waals surface area contributed by atoms with Gasteiger partial charge in [0.1, 0.15) is 5.78 Å². The Hall–Kier alpha value is -1.16. The van der Waals surface area contributed by atoms with Crippen LogP contribution >= 0.6 is 0 Å². The molecule has 1 rings (SSSR count). The van der Waals surface area contributed by atoms with Crippen LogP contribution in [0.2, 0.25) is 0 Å². The standard InChI is InChI=1S/C12H21N3O/c1-12(2,13)7-6-11(16)5-4-10-8-14-15(3)9-10/h8-9H,4-7,13H2,1-3H3. The molecular formula is C12H21N3O. The minimum absolute atomic E-state index is 0.246. The zero-order valence-electron chi connectivity index (χ0n) is 10.4. The Labute approximate surface area is 96.8 Å². The lowest BCUT2D eigenvalue weighted by Crippen LogP contribution is -2.32.